The first-order valence-corrected chi connectivity index (χ1v) is 5.07. The second kappa shape index (κ2) is 4.82. The van der Waals surface area contributed by atoms with Gasteiger partial charge in [-0.05, 0) is 13.3 Å². The number of amides is 1. The lowest BCUT2D eigenvalue weighted by atomic mass is 10.2. The summed E-state index contributed by atoms with van der Waals surface area (Å²) < 4.78 is 1.41. The fraction of sp³-hybridized carbons (Fsp3) is 0.600. The molecule has 0 saturated carbocycles. The fourth-order valence-corrected chi connectivity index (χ4v) is 1.44. The lowest BCUT2D eigenvalue weighted by Gasteiger charge is -2.01. The highest BCUT2D eigenvalue weighted by atomic mass is 16.2. The van der Waals surface area contributed by atoms with Crippen LogP contribution in [-0.2, 0) is 18.4 Å². The molecule has 0 bridgehead atoms. The molecule has 0 aliphatic rings. The van der Waals surface area contributed by atoms with E-state index in [2.05, 4.69) is 10.4 Å². The van der Waals surface area contributed by atoms with Crippen LogP contribution in [0.1, 0.15) is 31.0 Å². The molecule has 1 heterocycles. The molecule has 0 aliphatic heterocycles. The van der Waals surface area contributed by atoms with Crippen LogP contribution >= 0.6 is 0 Å². The highest BCUT2D eigenvalue weighted by molar-refractivity contribution is 5.75. The Bertz CT molecular complexity index is 403. The van der Waals surface area contributed by atoms with Gasteiger partial charge in [0.05, 0.1) is 12.1 Å². The van der Waals surface area contributed by atoms with Crippen molar-refractivity contribution in [2.24, 2.45) is 7.05 Å². The van der Waals surface area contributed by atoms with Gasteiger partial charge in [-0.1, -0.05) is 6.92 Å². The maximum absolute atomic E-state index is 11.5. The molecule has 1 aromatic rings. The van der Waals surface area contributed by atoms with Crippen LogP contribution in [0.3, 0.4) is 0 Å². The zero-order valence-electron chi connectivity index (χ0n) is 9.39. The molecule has 1 aromatic heterocycles. The third-order valence-electron chi connectivity index (χ3n) is 2.29. The average Bonchev–Trinajstić information content (AvgIpc) is 2.40. The van der Waals surface area contributed by atoms with E-state index in [4.69, 9.17) is 0 Å². The Morgan fingerprint density at radius 1 is 1.53 bits per heavy atom. The number of aryl methyl sites for hydroxylation is 2. The number of carbonyl (C=O) groups excluding carboxylic acids is 1. The standard InChI is InChI=1S/C10H17N3O2/c1-4-5-9(14)11-6-8-7(2)12-13(3)10(8)15/h12H,4-6H2,1-3H3,(H,11,14). The van der Waals surface area contributed by atoms with Gasteiger partial charge >= 0.3 is 0 Å². The highest BCUT2D eigenvalue weighted by Gasteiger charge is 2.09. The third kappa shape index (κ3) is 2.71. The summed E-state index contributed by atoms with van der Waals surface area (Å²) in [6.07, 6.45) is 1.32. The van der Waals surface area contributed by atoms with Crippen LogP contribution in [0.25, 0.3) is 0 Å². The summed E-state index contributed by atoms with van der Waals surface area (Å²) >= 11 is 0. The lowest BCUT2D eigenvalue weighted by Crippen LogP contribution is -2.26. The zero-order chi connectivity index (χ0) is 11.4. The average molecular weight is 211 g/mol. The van der Waals surface area contributed by atoms with Crippen LogP contribution in [0, 0.1) is 6.92 Å². The SMILES string of the molecule is CCCC(=O)NCc1c(C)[nH]n(C)c1=O. The Balaban J connectivity index is 2.65. The normalized spacial score (nSPS) is 10.3. The van der Waals surface area contributed by atoms with Crippen molar-refractivity contribution in [3.63, 3.8) is 0 Å². The molecule has 1 rings (SSSR count). The van der Waals surface area contributed by atoms with Gasteiger partial charge in [0.2, 0.25) is 5.91 Å². The van der Waals surface area contributed by atoms with Crippen molar-refractivity contribution in [2.45, 2.75) is 33.2 Å². The maximum atomic E-state index is 11.5. The summed E-state index contributed by atoms with van der Waals surface area (Å²) in [5.41, 5.74) is 1.35. The molecule has 0 atom stereocenters. The van der Waals surface area contributed by atoms with E-state index >= 15 is 0 Å². The molecule has 1 amide bonds. The van der Waals surface area contributed by atoms with Gasteiger partial charge in [-0.3, -0.25) is 19.4 Å². The number of aromatic amines is 1. The van der Waals surface area contributed by atoms with Crippen molar-refractivity contribution in [1.29, 1.82) is 0 Å². The Morgan fingerprint density at radius 2 is 2.20 bits per heavy atom. The van der Waals surface area contributed by atoms with Crippen LogP contribution < -0.4 is 10.9 Å². The quantitative estimate of drug-likeness (QED) is 0.758. The Kier molecular flexibility index (Phi) is 3.71. The number of aromatic nitrogens is 2. The summed E-state index contributed by atoms with van der Waals surface area (Å²) in [6.45, 7) is 4.07. The van der Waals surface area contributed by atoms with Crippen LogP contribution in [0.2, 0.25) is 0 Å². The number of nitrogens with zero attached hydrogens (tertiary/aromatic N) is 1. The van der Waals surface area contributed by atoms with Crippen LogP contribution in [0.4, 0.5) is 0 Å². The minimum Gasteiger partial charge on any atom is -0.352 e. The van der Waals surface area contributed by atoms with Gasteiger partial charge in [0.25, 0.3) is 5.56 Å². The second-order valence-corrected chi connectivity index (χ2v) is 3.61. The highest BCUT2D eigenvalue weighted by Crippen LogP contribution is 1.98. The Hall–Kier alpha value is -1.52. The lowest BCUT2D eigenvalue weighted by molar-refractivity contribution is -0.121. The van der Waals surface area contributed by atoms with E-state index in [0.717, 1.165) is 12.1 Å². The minimum absolute atomic E-state index is 0.0137. The molecule has 0 aliphatic carbocycles. The van der Waals surface area contributed by atoms with Gasteiger partial charge in [0.15, 0.2) is 0 Å². The topological polar surface area (TPSA) is 66.9 Å². The Labute approximate surface area is 88.5 Å². The van der Waals surface area contributed by atoms with Gasteiger partial charge < -0.3 is 5.32 Å². The first-order chi connectivity index (χ1) is 7.06. The first-order valence-electron chi connectivity index (χ1n) is 5.07. The van der Waals surface area contributed by atoms with Crippen molar-refractivity contribution in [1.82, 2.24) is 15.1 Å². The van der Waals surface area contributed by atoms with Crippen LogP contribution in [0.15, 0.2) is 4.79 Å². The summed E-state index contributed by atoms with van der Waals surface area (Å²) in [7, 11) is 1.66. The molecule has 5 heteroatoms. The summed E-state index contributed by atoms with van der Waals surface area (Å²) in [5.74, 6) is -0.0137. The fourth-order valence-electron chi connectivity index (χ4n) is 1.44. The molecule has 84 valence electrons. The molecular formula is C10H17N3O2. The van der Waals surface area contributed by atoms with Crippen LogP contribution in [0.5, 0.6) is 0 Å². The largest absolute Gasteiger partial charge is 0.352 e. The van der Waals surface area contributed by atoms with Crippen molar-refractivity contribution in [2.75, 3.05) is 0 Å². The van der Waals surface area contributed by atoms with E-state index in [-0.39, 0.29) is 11.5 Å². The van der Waals surface area contributed by atoms with E-state index < -0.39 is 0 Å². The predicted octanol–water partition coefficient (Wildman–Crippen LogP) is 0.438. The smallest absolute Gasteiger partial charge is 0.271 e. The molecule has 0 fully saturated rings. The maximum Gasteiger partial charge on any atom is 0.271 e. The van der Waals surface area contributed by atoms with Gasteiger partial charge in [-0.2, -0.15) is 0 Å². The molecule has 0 radical (unpaired) electrons. The molecule has 0 aromatic carbocycles. The molecule has 15 heavy (non-hydrogen) atoms. The van der Waals surface area contributed by atoms with Gasteiger partial charge in [0.1, 0.15) is 0 Å². The first kappa shape index (κ1) is 11.6. The molecule has 2 N–H and O–H groups in total. The van der Waals surface area contributed by atoms with E-state index in [1.54, 1.807) is 7.05 Å². The third-order valence-corrected chi connectivity index (χ3v) is 2.29. The number of nitrogens with one attached hydrogen (secondary N) is 2. The van der Waals surface area contributed by atoms with Crippen molar-refractivity contribution < 1.29 is 4.79 Å². The van der Waals surface area contributed by atoms with E-state index in [9.17, 15) is 9.59 Å². The predicted molar refractivity (Wildman–Crippen MR) is 57.5 cm³/mol. The molecule has 0 unspecified atom stereocenters. The second-order valence-electron chi connectivity index (χ2n) is 3.61. The summed E-state index contributed by atoms with van der Waals surface area (Å²) in [5, 5.41) is 5.61. The van der Waals surface area contributed by atoms with Crippen molar-refractivity contribution >= 4 is 5.91 Å². The molecule has 0 spiro atoms. The van der Waals surface area contributed by atoms with E-state index in [1.165, 1.54) is 4.68 Å². The number of hydrogen-bond donors (Lipinski definition) is 2. The van der Waals surface area contributed by atoms with Gasteiger partial charge in [-0.25, -0.2) is 0 Å². The van der Waals surface area contributed by atoms with E-state index in [1.807, 2.05) is 13.8 Å². The molecule has 5 nitrogen and oxygen atoms in total. The summed E-state index contributed by atoms with van der Waals surface area (Å²) in [6, 6.07) is 0. The monoisotopic (exact) mass is 211 g/mol. The van der Waals surface area contributed by atoms with Gasteiger partial charge in [0, 0.05) is 19.2 Å². The number of carbonyl (C=O) groups is 1. The number of hydrogen-bond acceptors (Lipinski definition) is 2. The van der Waals surface area contributed by atoms with E-state index in [0.29, 0.717) is 18.5 Å². The molecular weight excluding hydrogens is 194 g/mol. The van der Waals surface area contributed by atoms with Crippen LogP contribution in [-0.4, -0.2) is 15.7 Å². The summed E-state index contributed by atoms with van der Waals surface area (Å²) in [4.78, 5) is 22.8. The minimum atomic E-state index is -0.0794. The Morgan fingerprint density at radius 3 is 2.67 bits per heavy atom. The zero-order valence-corrected chi connectivity index (χ0v) is 9.39. The number of rotatable bonds is 4. The number of H-pyrrole nitrogens is 1. The van der Waals surface area contributed by atoms with Crippen molar-refractivity contribution in [3.8, 4) is 0 Å². The molecule has 0 saturated heterocycles. The van der Waals surface area contributed by atoms with Gasteiger partial charge in [-0.15, -0.1) is 0 Å². The van der Waals surface area contributed by atoms with Crippen molar-refractivity contribution in [3.05, 3.63) is 21.6 Å².